The fourth-order valence-electron chi connectivity index (χ4n) is 3.33. The molecule has 4 aliphatic rings. The summed E-state index contributed by atoms with van der Waals surface area (Å²) in [6, 6.07) is 0. The van der Waals surface area contributed by atoms with Gasteiger partial charge in [0.25, 0.3) is 0 Å². The molecule has 0 saturated heterocycles. The van der Waals surface area contributed by atoms with Gasteiger partial charge in [-0.3, -0.25) is 0 Å². The number of allylic oxidation sites excluding steroid dienone is 8. The first-order chi connectivity index (χ1) is 9.93. The van der Waals surface area contributed by atoms with E-state index in [1.165, 1.54) is 38.5 Å². The van der Waals surface area contributed by atoms with E-state index in [4.69, 9.17) is 0 Å². The van der Waals surface area contributed by atoms with Crippen LogP contribution in [0.15, 0.2) is 60.8 Å². The summed E-state index contributed by atoms with van der Waals surface area (Å²) in [6.45, 7) is 6.00. The van der Waals surface area contributed by atoms with Crippen LogP contribution in [-0.4, -0.2) is 0 Å². The van der Waals surface area contributed by atoms with Crippen molar-refractivity contribution in [1.29, 1.82) is 0 Å². The van der Waals surface area contributed by atoms with Gasteiger partial charge in [0.05, 0.1) is 0 Å². The van der Waals surface area contributed by atoms with Crippen LogP contribution >= 0.6 is 0 Å². The minimum atomic E-state index is 0. The first-order valence-corrected chi connectivity index (χ1v) is 7.83. The minimum absolute atomic E-state index is 0. The van der Waals surface area contributed by atoms with Crippen molar-refractivity contribution in [3.8, 4) is 0 Å². The Bertz CT molecular complexity index is 395. The largest absolute Gasteiger partial charge is 4.00 e. The van der Waals surface area contributed by atoms with Crippen LogP contribution in [0.25, 0.3) is 0 Å². The van der Waals surface area contributed by atoms with Crippen molar-refractivity contribution in [2.45, 2.75) is 38.5 Å². The number of fused-ring (bicyclic) bond motifs is 2. The van der Waals surface area contributed by atoms with Gasteiger partial charge < -0.3 is 24.8 Å². The summed E-state index contributed by atoms with van der Waals surface area (Å²) < 4.78 is 0. The second-order valence-corrected chi connectivity index (χ2v) is 5.62. The summed E-state index contributed by atoms with van der Waals surface area (Å²) >= 11 is 0. The van der Waals surface area contributed by atoms with Gasteiger partial charge in [0.15, 0.2) is 0 Å². The first kappa shape index (κ1) is 25.0. The van der Waals surface area contributed by atoms with Gasteiger partial charge in [0.2, 0.25) is 0 Å². The van der Waals surface area contributed by atoms with Crippen LogP contribution in [0.3, 0.4) is 0 Å². The molecule has 0 aromatic heterocycles. The topological polar surface area (TPSA) is 0 Å². The molecule has 3 heteroatoms. The zero-order chi connectivity index (χ0) is 14.2. The maximum Gasteiger partial charge on any atom is 4.00 e. The standard InChI is InChI=1S/2C9H11.C2H4.2ClH.Ti/c2*1-2-5-9-7-3-6-8(9)4-1;1-2;;;/h2*1-2,4,6,9H,3,5,7H2;1-2H2;2*1H;/q2*-1;;;;+4/p-2. The molecule has 4 aliphatic carbocycles. The van der Waals surface area contributed by atoms with Gasteiger partial charge in [-0.1, -0.05) is 12.8 Å². The third-order valence-corrected chi connectivity index (χ3v) is 4.42. The Hall–Kier alpha value is -0.266. The van der Waals surface area contributed by atoms with Gasteiger partial charge in [-0.05, 0) is 24.7 Å². The number of halogens is 2. The van der Waals surface area contributed by atoms with Gasteiger partial charge in [-0.25, -0.2) is 36.1 Å². The number of hydrogen-bond donors (Lipinski definition) is 0. The Balaban J connectivity index is 0. The average Bonchev–Trinajstić information content (AvgIpc) is 3.18. The molecule has 0 aromatic carbocycles. The van der Waals surface area contributed by atoms with E-state index in [1.807, 2.05) is 0 Å². The van der Waals surface area contributed by atoms with E-state index >= 15 is 0 Å². The van der Waals surface area contributed by atoms with Crippen molar-refractivity contribution < 1.29 is 46.5 Å². The van der Waals surface area contributed by atoms with Crippen LogP contribution in [0.2, 0.25) is 0 Å². The van der Waals surface area contributed by atoms with Gasteiger partial charge in [-0.15, -0.1) is 50.3 Å². The van der Waals surface area contributed by atoms with Crippen molar-refractivity contribution in [3.63, 3.8) is 0 Å². The maximum absolute atomic E-state index is 3.00. The summed E-state index contributed by atoms with van der Waals surface area (Å²) in [5.41, 5.74) is 3.16. The van der Waals surface area contributed by atoms with E-state index in [9.17, 15) is 0 Å². The summed E-state index contributed by atoms with van der Waals surface area (Å²) in [5, 5.41) is 0. The van der Waals surface area contributed by atoms with Crippen molar-refractivity contribution in [2.75, 3.05) is 0 Å². The monoisotopic (exact) mass is 384 g/mol. The Morgan fingerprint density at radius 1 is 0.783 bits per heavy atom. The predicted molar refractivity (Wildman–Crippen MR) is 89.0 cm³/mol. The summed E-state index contributed by atoms with van der Waals surface area (Å²) in [6.07, 6.45) is 26.1. The molecule has 0 radical (unpaired) electrons. The molecule has 0 aliphatic heterocycles. The third kappa shape index (κ3) is 7.44. The minimum Gasteiger partial charge on any atom is -1.00 e. The predicted octanol–water partition coefficient (Wildman–Crippen LogP) is -0.218. The molecule has 23 heavy (non-hydrogen) atoms. The van der Waals surface area contributed by atoms with Crippen LogP contribution < -0.4 is 24.8 Å². The molecule has 0 nitrogen and oxygen atoms in total. The number of hydrogen-bond acceptors (Lipinski definition) is 0. The smallest absolute Gasteiger partial charge is 1.00 e. The second kappa shape index (κ2) is 14.1. The molecule has 0 amide bonds. The normalized spacial score (nSPS) is 24.5. The van der Waals surface area contributed by atoms with Gasteiger partial charge >= 0.3 is 21.7 Å². The molecule has 0 spiro atoms. The van der Waals surface area contributed by atoms with Crippen molar-refractivity contribution in [1.82, 2.24) is 0 Å². The van der Waals surface area contributed by atoms with Crippen molar-refractivity contribution in [2.24, 2.45) is 11.8 Å². The van der Waals surface area contributed by atoms with Crippen LogP contribution in [0.5, 0.6) is 0 Å². The molecule has 2 fully saturated rings. The summed E-state index contributed by atoms with van der Waals surface area (Å²) in [4.78, 5) is 0. The van der Waals surface area contributed by atoms with E-state index in [1.54, 1.807) is 11.1 Å². The summed E-state index contributed by atoms with van der Waals surface area (Å²) in [5.74, 6) is 1.77. The molecular formula is C20H26Cl2Ti. The molecule has 4 rings (SSSR count). The molecule has 2 atom stereocenters. The SMILES string of the molecule is C1=CCC2CC[CH-]C2=C1.C1=CCC2CC[CH-]C2=C1.C=C.[Cl-].[Cl-].[Ti+4]. The van der Waals surface area contributed by atoms with Crippen molar-refractivity contribution in [3.05, 3.63) is 73.6 Å². The van der Waals surface area contributed by atoms with Crippen LogP contribution in [0.1, 0.15) is 38.5 Å². The average molecular weight is 385 g/mol. The molecule has 0 N–H and O–H groups in total. The van der Waals surface area contributed by atoms with E-state index in [-0.39, 0.29) is 46.5 Å². The molecule has 2 unspecified atom stereocenters. The van der Waals surface area contributed by atoms with Crippen LogP contribution in [0.4, 0.5) is 0 Å². The third-order valence-electron chi connectivity index (χ3n) is 4.42. The Kier molecular flexibility index (Phi) is 15.3. The second-order valence-electron chi connectivity index (χ2n) is 5.62. The molecule has 124 valence electrons. The summed E-state index contributed by atoms with van der Waals surface area (Å²) in [7, 11) is 0. The van der Waals surface area contributed by atoms with Gasteiger partial charge in [-0.2, -0.15) is 0 Å². The Labute approximate surface area is 170 Å². The van der Waals surface area contributed by atoms with E-state index < -0.39 is 0 Å². The molecular weight excluding hydrogens is 359 g/mol. The fourth-order valence-corrected chi connectivity index (χ4v) is 3.33. The first-order valence-electron chi connectivity index (χ1n) is 7.83. The maximum atomic E-state index is 3.00. The fraction of sp³-hybridized carbons (Fsp3) is 0.400. The number of rotatable bonds is 0. The zero-order valence-corrected chi connectivity index (χ0v) is 16.8. The quantitative estimate of drug-likeness (QED) is 0.308. The van der Waals surface area contributed by atoms with Crippen molar-refractivity contribution >= 4 is 0 Å². The van der Waals surface area contributed by atoms with E-state index in [0.717, 1.165) is 11.8 Å². The zero-order valence-electron chi connectivity index (χ0n) is 13.7. The Morgan fingerprint density at radius 2 is 1.17 bits per heavy atom. The molecule has 0 heterocycles. The Morgan fingerprint density at radius 3 is 1.52 bits per heavy atom. The molecule has 2 saturated carbocycles. The van der Waals surface area contributed by atoms with Crippen LogP contribution in [0, 0.1) is 24.7 Å². The van der Waals surface area contributed by atoms with E-state index in [0.29, 0.717) is 0 Å². The molecule has 0 aromatic rings. The molecule has 0 bridgehead atoms. The van der Waals surface area contributed by atoms with Gasteiger partial charge in [0.1, 0.15) is 0 Å². The van der Waals surface area contributed by atoms with Crippen LogP contribution in [-0.2, 0) is 21.7 Å². The van der Waals surface area contributed by atoms with Gasteiger partial charge in [0, 0.05) is 0 Å². The van der Waals surface area contributed by atoms with E-state index in [2.05, 4.69) is 62.5 Å².